The number of ether oxygens (including phenoxy) is 2. The van der Waals surface area contributed by atoms with E-state index in [1.807, 2.05) is 44.2 Å². The van der Waals surface area contributed by atoms with Crippen LogP contribution in [-0.2, 0) is 9.53 Å². The molecule has 2 amide bonds. The molecular formula is C23H25ClN2O4. The zero-order chi connectivity index (χ0) is 21.7. The summed E-state index contributed by atoms with van der Waals surface area (Å²) >= 11 is 6.16. The smallest absolute Gasteiger partial charge is 0.338 e. The lowest BCUT2D eigenvalue weighted by molar-refractivity contribution is -0.139. The van der Waals surface area contributed by atoms with Gasteiger partial charge in [-0.1, -0.05) is 41.4 Å². The SMILES string of the molecule is CCOC(=O)C1=C(COc2ccc(C)cc2)N(CC)C(=O)NC1c1cccc(Cl)c1. The van der Waals surface area contributed by atoms with Crippen LogP contribution in [0.15, 0.2) is 59.8 Å². The molecule has 0 fully saturated rings. The van der Waals surface area contributed by atoms with E-state index in [9.17, 15) is 9.59 Å². The van der Waals surface area contributed by atoms with Gasteiger partial charge < -0.3 is 14.8 Å². The summed E-state index contributed by atoms with van der Waals surface area (Å²) in [6.45, 7) is 6.23. The molecule has 0 saturated carbocycles. The zero-order valence-corrected chi connectivity index (χ0v) is 18.0. The van der Waals surface area contributed by atoms with Gasteiger partial charge in [-0.25, -0.2) is 9.59 Å². The molecule has 7 heteroatoms. The molecule has 1 aliphatic heterocycles. The van der Waals surface area contributed by atoms with E-state index in [0.29, 0.717) is 34.2 Å². The van der Waals surface area contributed by atoms with Crippen LogP contribution in [0.1, 0.15) is 31.0 Å². The highest BCUT2D eigenvalue weighted by atomic mass is 35.5. The summed E-state index contributed by atoms with van der Waals surface area (Å²) in [7, 11) is 0. The first-order valence-electron chi connectivity index (χ1n) is 9.87. The molecule has 30 heavy (non-hydrogen) atoms. The first-order chi connectivity index (χ1) is 14.4. The number of urea groups is 1. The molecule has 2 aromatic carbocycles. The van der Waals surface area contributed by atoms with Crippen LogP contribution in [0.5, 0.6) is 5.75 Å². The van der Waals surface area contributed by atoms with Gasteiger partial charge in [-0.15, -0.1) is 0 Å². The lowest BCUT2D eigenvalue weighted by Gasteiger charge is -2.36. The molecule has 0 radical (unpaired) electrons. The molecular weight excluding hydrogens is 404 g/mol. The van der Waals surface area contributed by atoms with Crippen molar-refractivity contribution < 1.29 is 19.1 Å². The Labute approximate surface area is 181 Å². The first kappa shape index (κ1) is 21.7. The Balaban J connectivity index is 2.06. The third-order valence-electron chi connectivity index (χ3n) is 4.83. The second-order valence-corrected chi connectivity index (χ2v) is 7.30. The van der Waals surface area contributed by atoms with Gasteiger partial charge in [0.25, 0.3) is 0 Å². The minimum Gasteiger partial charge on any atom is -0.487 e. The quantitative estimate of drug-likeness (QED) is 0.653. The zero-order valence-electron chi connectivity index (χ0n) is 17.3. The number of halogens is 1. The number of carbonyl (C=O) groups excluding carboxylic acids is 2. The molecule has 1 heterocycles. The Morgan fingerprint density at radius 1 is 1.17 bits per heavy atom. The Morgan fingerprint density at radius 2 is 1.90 bits per heavy atom. The van der Waals surface area contributed by atoms with Gasteiger partial charge in [0.2, 0.25) is 0 Å². The molecule has 1 unspecified atom stereocenters. The van der Waals surface area contributed by atoms with Crippen LogP contribution in [0.2, 0.25) is 5.02 Å². The summed E-state index contributed by atoms with van der Waals surface area (Å²) in [6, 6.07) is 13.7. The number of amides is 2. The van der Waals surface area contributed by atoms with Gasteiger partial charge in [-0.05, 0) is 50.6 Å². The number of nitrogens with one attached hydrogen (secondary N) is 1. The average molecular weight is 429 g/mol. The van der Waals surface area contributed by atoms with Crippen molar-refractivity contribution in [3.8, 4) is 5.75 Å². The third-order valence-corrected chi connectivity index (χ3v) is 5.06. The second-order valence-electron chi connectivity index (χ2n) is 6.86. The van der Waals surface area contributed by atoms with Crippen LogP contribution in [0.25, 0.3) is 0 Å². The molecule has 3 rings (SSSR count). The molecule has 0 saturated heterocycles. The van der Waals surface area contributed by atoms with Gasteiger partial charge >= 0.3 is 12.0 Å². The molecule has 1 N–H and O–H groups in total. The van der Waals surface area contributed by atoms with Gasteiger partial charge in [-0.3, -0.25) is 4.90 Å². The summed E-state index contributed by atoms with van der Waals surface area (Å²) in [4.78, 5) is 27.3. The van der Waals surface area contributed by atoms with Crippen molar-refractivity contribution in [3.63, 3.8) is 0 Å². The molecule has 1 atom stereocenters. The van der Waals surface area contributed by atoms with Gasteiger partial charge in [-0.2, -0.15) is 0 Å². The summed E-state index contributed by atoms with van der Waals surface area (Å²) in [6.07, 6.45) is 0. The van der Waals surface area contributed by atoms with Gasteiger partial charge in [0.1, 0.15) is 12.4 Å². The van der Waals surface area contributed by atoms with E-state index in [2.05, 4.69) is 5.32 Å². The van der Waals surface area contributed by atoms with E-state index in [0.717, 1.165) is 5.56 Å². The summed E-state index contributed by atoms with van der Waals surface area (Å²) in [5.41, 5.74) is 2.63. The van der Waals surface area contributed by atoms with E-state index >= 15 is 0 Å². The van der Waals surface area contributed by atoms with E-state index < -0.39 is 12.0 Å². The minimum atomic E-state index is -0.685. The molecule has 2 aromatic rings. The van der Waals surface area contributed by atoms with E-state index in [-0.39, 0.29) is 19.2 Å². The van der Waals surface area contributed by atoms with Gasteiger partial charge in [0, 0.05) is 11.6 Å². The van der Waals surface area contributed by atoms with Crippen molar-refractivity contribution in [2.45, 2.75) is 26.8 Å². The lowest BCUT2D eigenvalue weighted by atomic mass is 9.94. The Hall–Kier alpha value is -2.99. The van der Waals surface area contributed by atoms with Crippen LogP contribution in [0.3, 0.4) is 0 Å². The van der Waals surface area contributed by atoms with E-state index in [1.54, 1.807) is 25.1 Å². The minimum absolute atomic E-state index is 0.0511. The lowest BCUT2D eigenvalue weighted by Crippen LogP contribution is -2.49. The number of aryl methyl sites for hydroxylation is 1. The number of benzene rings is 2. The maximum atomic E-state index is 13.0. The van der Waals surface area contributed by atoms with Crippen molar-refractivity contribution in [2.75, 3.05) is 19.8 Å². The maximum absolute atomic E-state index is 13.0. The Kier molecular flexibility index (Phi) is 7.00. The highest BCUT2D eigenvalue weighted by Gasteiger charge is 2.38. The summed E-state index contributed by atoms with van der Waals surface area (Å²) < 4.78 is 11.3. The van der Waals surface area contributed by atoms with Gasteiger partial charge in [0.05, 0.1) is 23.9 Å². The topological polar surface area (TPSA) is 67.9 Å². The molecule has 0 spiro atoms. The second kappa shape index (κ2) is 9.67. The van der Waals surface area contributed by atoms with E-state index in [1.165, 1.54) is 4.90 Å². The van der Waals surface area contributed by atoms with Crippen molar-refractivity contribution in [1.29, 1.82) is 0 Å². The molecule has 6 nitrogen and oxygen atoms in total. The van der Waals surface area contributed by atoms with Crippen molar-refractivity contribution in [3.05, 3.63) is 76.0 Å². The molecule has 1 aliphatic rings. The molecule has 0 aromatic heterocycles. The number of hydrogen-bond donors (Lipinski definition) is 1. The fourth-order valence-electron chi connectivity index (χ4n) is 3.37. The predicted molar refractivity (Wildman–Crippen MR) is 115 cm³/mol. The predicted octanol–water partition coefficient (Wildman–Crippen LogP) is 4.63. The van der Waals surface area contributed by atoms with Gasteiger partial charge in [0.15, 0.2) is 0 Å². The normalized spacial score (nSPS) is 16.3. The highest BCUT2D eigenvalue weighted by molar-refractivity contribution is 6.30. The number of likely N-dealkylation sites (N-methyl/N-ethyl adjacent to an activating group) is 1. The average Bonchev–Trinajstić information content (AvgIpc) is 2.73. The standard InChI is InChI=1S/C23H25ClN2O4/c1-4-26-19(14-30-18-11-9-15(3)10-12-18)20(22(27)29-5-2)21(25-23(26)28)16-7-6-8-17(24)13-16/h6-13,21H,4-5,14H2,1-3H3,(H,25,28). The summed E-state index contributed by atoms with van der Waals surface area (Å²) in [5.74, 6) is 0.154. The molecule has 0 aliphatic carbocycles. The number of hydrogen-bond acceptors (Lipinski definition) is 4. The van der Waals surface area contributed by atoms with Crippen molar-refractivity contribution >= 4 is 23.6 Å². The van der Waals surface area contributed by atoms with Crippen LogP contribution in [0.4, 0.5) is 4.79 Å². The van der Waals surface area contributed by atoms with Crippen LogP contribution < -0.4 is 10.1 Å². The molecule has 158 valence electrons. The van der Waals surface area contributed by atoms with Crippen LogP contribution in [0, 0.1) is 6.92 Å². The monoisotopic (exact) mass is 428 g/mol. The summed E-state index contributed by atoms with van der Waals surface area (Å²) in [5, 5.41) is 3.41. The Morgan fingerprint density at radius 3 is 2.53 bits per heavy atom. The first-order valence-corrected chi connectivity index (χ1v) is 10.3. The number of esters is 1. The number of carbonyl (C=O) groups is 2. The van der Waals surface area contributed by atoms with E-state index in [4.69, 9.17) is 21.1 Å². The number of nitrogens with zero attached hydrogens (tertiary/aromatic N) is 1. The highest BCUT2D eigenvalue weighted by Crippen LogP contribution is 2.33. The van der Waals surface area contributed by atoms with Crippen LogP contribution >= 0.6 is 11.6 Å². The van der Waals surface area contributed by atoms with Crippen molar-refractivity contribution in [1.82, 2.24) is 10.2 Å². The fraction of sp³-hybridized carbons (Fsp3) is 0.304. The van der Waals surface area contributed by atoms with Crippen molar-refractivity contribution in [2.24, 2.45) is 0 Å². The van der Waals surface area contributed by atoms with Crippen LogP contribution in [-0.4, -0.2) is 36.7 Å². The largest absolute Gasteiger partial charge is 0.487 e. The fourth-order valence-corrected chi connectivity index (χ4v) is 3.56. The maximum Gasteiger partial charge on any atom is 0.338 e. The Bertz CT molecular complexity index is 956. The third kappa shape index (κ3) is 4.76. The number of rotatable bonds is 7. The molecule has 0 bridgehead atoms.